The number of fused-ring (bicyclic) bond motifs is 1. The Balaban J connectivity index is 1.72. The molecule has 1 heterocycles. The van der Waals surface area contributed by atoms with Crippen LogP contribution in [0.2, 0.25) is 10.0 Å². The van der Waals surface area contributed by atoms with Gasteiger partial charge in [-0.25, -0.2) is 0 Å². The van der Waals surface area contributed by atoms with Crippen LogP contribution in [0, 0.1) is 11.3 Å². The van der Waals surface area contributed by atoms with Gasteiger partial charge in [0.2, 0.25) is 0 Å². The Labute approximate surface area is 137 Å². The van der Waals surface area contributed by atoms with Gasteiger partial charge in [0.25, 0.3) is 0 Å². The van der Waals surface area contributed by atoms with E-state index in [0.29, 0.717) is 28.1 Å². The lowest BCUT2D eigenvalue weighted by molar-refractivity contribution is -0.194. The van der Waals surface area contributed by atoms with Crippen molar-refractivity contribution in [1.29, 1.82) is 0 Å². The van der Waals surface area contributed by atoms with Gasteiger partial charge < -0.3 is 10.1 Å². The van der Waals surface area contributed by atoms with Gasteiger partial charge in [-0.15, -0.1) is 0 Å². The molecule has 1 saturated heterocycles. The molecule has 0 amide bonds. The maximum Gasteiger partial charge on any atom is 0.0684 e. The highest BCUT2D eigenvalue weighted by Crippen LogP contribution is 2.51. The molecule has 4 unspecified atom stereocenters. The largest absolute Gasteiger partial charge is 0.377 e. The minimum absolute atomic E-state index is 0.190. The van der Waals surface area contributed by atoms with Crippen LogP contribution in [0.25, 0.3) is 0 Å². The topological polar surface area (TPSA) is 21.3 Å². The molecular weight excluding hydrogens is 305 g/mol. The lowest BCUT2D eigenvalue weighted by atomic mass is 9.55. The van der Waals surface area contributed by atoms with E-state index in [9.17, 15) is 0 Å². The average Bonchev–Trinajstić information content (AvgIpc) is 2.47. The van der Waals surface area contributed by atoms with Crippen LogP contribution < -0.4 is 5.32 Å². The van der Waals surface area contributed by atoms with E-state index in [1.54, 1.807) is 0 Å². The summed E-state index contributed by atoms with van der Waals surface area (Å²) in [5.74, 6) is 0.638. The zero-order valence-electron chi connectivity index (χ0n) is 12.8. The van der Waals surface area contributed by atoms with Crippen molar-refractivity contribution in [1.82, 2.24) is 5.32 Å². The van der Waals surface area contributed by atoms with Crippen LogP contribution in [-0.2, 0) is 4.74 Å². The maximum absolute atomic E-state index is 6.13. The second kappa shape index (κ2) is 5.73. The second-order valence-electron chi connectivity index (χ2n) is 6.96. The van der Waals surface area contributed by atoms with Gasteiger partial charge in [0.1, 0.15) is 0 Å². The zero-order valence-corrected chi connectivity index (χ0v) is 14.3. The Morgan fingerprint density at radius 3 is 2.76 bits per heavy atom. The van der Waals surface area contributed by atoms with Crippen molar-refractivity contribution in [3.63, 3.8) is 0 Å². The third-order valence-corrected chi connectivity index (χ3v) is 5.94. The van der Waals surface area contributed by atoms with Crippen LogP contribution in [0.5, 0.6) is 0 Å². The van der Waals surface area contributed by atoms with Gasteiger partial charge in [-0.2, -0.15) is 0 Å². The van der Waals surface area contributed by atoms with E-state index >= 15 is 0 Å². The van der Waals surface area contributed by atoms with Crippen LogP contribution in [0.3, 0.4) is 0 Å². The summed E-state index contributed by atoms with van der Waals surface area (Å²) < 4.78 is 5.97. The zero-order chi connectivity index (χ0) is 15.2. The van der Waals surface area contributed by atoms with Crippen molar-refractivity contribution in [3.05, 3.63) is 33.8 Å². The highest BCUT2D eigenvalue weighted by atomic mass is 35.5. The molecule has 0 aromatic heterocycles. The van der Waals surface area contributed by atoms with E-state index in [1.807, 2.05) is 18.2 Å². The molecule has 0 spiro atoms. The number of benzene rings is 1. The van der Waals surface area contributed by atoms with E-state index in [1.165, 1.54) is 18.4 Å². The second-order valence-corrected chi connectivity index (χ2v) is 7.77. The molecule has 4 atom stereocenters. The Kier molecular flexibility index (Phi) is 4.26. The molecule has 2 fully saturated rings. The molecule has 1 saturated carbocycles. The fraction of sp³-hybridized carbons (Fsp3) is 0.647. The summed E-state index contributed by atoms with van der Waals surface area (Å²) in [6, 6.07) is 6.63. The summed E-state index contributed by atoms with van der Waals surface area (Å²) in [5.41, 5.74) is 1.37. The highest BCUT2D eigenvalue weighted by Gasteiger charge is 2.57. The molecule has 4 heteroatoms. The van der Waals surface area contributed by atoms with Crippen molar-refractivity contribution >= 4 is 23.2 Å². The Morgan fingerprint density at radius 2 is 2.05 bits per heavy atom. The molecule has 2 aliphatic rings. The monoisotopic (exact) mass is 327 g/mol. The number of hydrogen-bond donors (Lipinski definition) is 1. The molecule has 0 radical (unpaired) electrons. The Bertz CT molecular complexity index is 532. The fourth-order valence-corrected chi connectivity index (χ4v) is 4.31. The molecule has 1 aromatic rings. The van der Waals surface area contributed by atoms with Gasteiger partial charge in [0.05, 0.1) is 16.1 Å². The molecule has 116 valence electrons. The van der Waals surface area contributed by atoms with Gasteiger partial charge in [0.15, 0.2) is 0 Å². The van der Waals surface area contributed by atoms with E-state index < -0.39 is 0 Å². The van der Waals surface area contributed by atoms with Gasteiger partial charge in [-0.3, -0.25) is 0 Å². The molecule has 3 rings (SSSR count). The lowest BCUT2D eigenvalue weighted by Gasteiger charge is -2.60. The average molecular weight is 328 g/mol. The van der Waals surface area contributed by atoms with Crippen molar-refractivity contribution in [3.8, 4) is 0 Å². The quantitative estimate of drug-likeness (QED) is 0.856. The molecule has 21 heavy (non-hydrogen) atoms. The molecular formula is C17H23Cl2NO. The van der Waals surface area contributed by atoms with E-state index in [4.69, 9.17) is 27.9 Å². The van der Waals surface area contributed by atoms with Crippen LogP contribution >= 0.6 is 23.2 Å². The van der Waals surface area contributed by atoms with Crippen LogP contribution in [0.4, 0.5) is 0 Å². The molecule has 1 aromatic carbocycles. The van der Waals surface area contributed by atoms with Crippen molar-refractivity contribution < 1.29 is 4.74 Å². The van der Waals surface area contributed by atoms with Crippen molar-refractivity contribution in [2.45, 2.75) is 51.8 Å². The standard InChI is InChI=1S/C17H23Cl2NO/c1-10(11-6-7-13(18)14(19)9-11)20-15-12-5-4-8-21-16(12)17(15,2)3/h6-7,9-10,12,15-16,20H,4-5,8H2,1-3H3. The number of hydrogen-bond acceptors (Lipinski definition) is 2. The van der Waals surface area contributed by atoms with E-state index in [-0.39, 0.29) is 11.5 Å². The summed E-state index contributed by atoms with van der Waals surface area (Å²) in [6.07, 6.45) is 2.85. The Hall–Kier alpha value is -0.280. The van der Waals surface area contributed by atoms with E-state index in [2.05, 4.69) is 26.1 Å². The number of nitrogens with one attached hydrogen (secondary N) is 1. The normalized spacial score (nSPS) is 32.1. The highest BCUT2D eigenvalue weighted by molar-refractivity contribution is 6.42. The first kappa shape index (κ1) is 15.6. The predicted molar refractivity (Wildman–Crippen MR) is 88.0 cm³/mol. The van der Waals surface area contributed by atoms with Crippen molar-refractivity contribution in [2.24, 2.45) is 11.3 Å². The Morgan fingerprint density at radius 1 is 1.29 bits per heavy atom. The van der Waals surface area contributed by atoms with Crippen molar-refractivity contribution in [2.75, 3.05) is 6.61 Å². The maximum atomic E-state index is 6.13. The minimum atomic E-state index is 0.190. The molecule has 1 aliphatic carbocycles. The van der Waals surface area contributed by atoms with Crippen LogP contribution in [0.15, 0.2) is 18.2 Å². The molecule has 1 N–H and O–H groups in total. The van der Waals surface area contributed by atoms with Gasteiger partial charge in [0, 0.05) is 30.0 Å². The summed E-state index contributed by atoms with van der Waals surface area (Å²) >= 11 is 12.1. The van der Waals surface area contributed by atoms with Gasteiger partial charge in [-0.05, 0) is 37.5 Å². The predicted octanol–water partition coefficient (Wildman–Crippen LogP) is 4.85. The SMILES string of the molecule is CC(NC1C2CCCOC2C1(C)C)c1ccc(Cl)c(Cl)c1. The number of rotatable bonds is 3. The molecule has 2 nitrogen and oxygen atoms in total. The summed E-state index contributed by atoms with van der Waals surface area (Å²) in [5, 5.41) is 5.02. The number of halogens is 2. The van der Waals surface area contributed by atoms with Gasteiger partial charge >= 0.3 is 0 Å². The first-order valence-electron chi connectivity index (χ1n) is 7.74. The molecule has 1 aliphatic heterocycles. The van der Waals surface area contributed by atoms with Crippen LogP contribution in [0.1, 0.15) is 45.2 Å². The first-order chi connectivity index (χ1) is 9.91. The van der Waals surface area contributed by atoms with E-state index in [0.717, 1.165) is 6.61 Å². The summed E-state index contributed by atoms with van der Waals surface area (Å²) in [7, 11) is 0. The smallest absolute Gasteiger partial charge is 0.0684 e. The van der Waals surface area contributed by atoms with Crippen LogP contribution in [-0.4, -0.2) is 18.8 Å². The third kappa shape index (κ3) is 2.72. The summed E-state index contributed by atoms with van der Waals surface area (Å²) in [4.78, 5) is 0. The first-order valence-corrected chi connectivity index (χ1v) is 8.49. The minimum Gasteiger partial charge on any atom is -0.377 e. The molecule has 0 bridgehead atoms. The third-order valence-electron chi connectivity index (χ3n) is 5.20. The fourth-order valence-electron chi connectivity index (χ4n) is 4.01. The number of ether oxygens (including phenoxy) is 1. The van der Waals surface area contributed by atoms with Gasteiger partial charge in [-0.1, -0.05) is 43.1 Å². The summed E-state index contributed by atoms with van der Waals surface area (Å²) in [6.45, 7) is 7.71. The lowest BCUT2D eigenvalue weighted by Crippen LogP contribution is -2.69.